The van der Waals surface area contributed by atoms with Gasteiger partial charge in [0.1, 0.15) is 57.1 Å². The molecule has 62 heavy (non-hydrogen) atoms. The molecule has 2 atom stereocenters. The predicted octanol–water partition coefficient (Wildman–Crippen LogP) is 13.5. The average molecular weight is 825 g/mol. The van der Waals surface area contributed by atoms with Gasteiger partial charge in [0.05, 0.1) is 0 Å². The maximum absolute atomic E-state index is 15.2. The van der Waals surface area contributed by atoms with Crippen LogP contribution < -0.4 is 10.6 Å². The summed E-state index contributed by atoms with van der Waals surface area (Å²) < 4.78 is 103. The number of furan rings is 2. The minimum atomic E-state index is -0.737. The van der Waals surface area contributed by atoms with E-state index in [1.54, 1.807) is 12.1 Å². The normalized spacial score (nSPS) is 16.4. The highest BCUT2D eigenvalue weighted by atomic mass is 19.2. The maximum Gasteiger partial charge on any atom is 0.142 e. The Balaban J connectivity index is 1.19. The van der Waals surface area contributed by atoms with E-state index in [0.29, 0.717) is 50.0 Å². The van der Waals surface area contributed by atoms with Crippen LogP contribution in [-0.4, -0.2) is 0 Å². The zero-order chi connectivity index (χ0) is 42.3. The summed E-state index contributed by atoms with van der Waals surface area (Å²) in [6, 6.07) is 29.8. The Kier molecular flexibility index (Phi) is 7.71. The molecule has 8 heteroatoms. The van der Waals surface area contributed by atoms with Crippen LogP contribution in [0.1, 0.15) is 44.9 Å². The van der Waals surface area contributed by atoms with Crippen LogP contribution in [0, 0.1) is 54.7 Å². The monoisotopic (exact) mass is 824 g/mol. The number of aryl methyl sites for hydroxylation is 2. The van der Waals surface area contributed by atoms with Crippen LogP contribution in [0.15, 0.2) is 130 Å². The Morgan fingerprint density at radius 2 is 1.05 bits per heavy atom. The molecule has 3 aliphatic carbocycles. The van der Waals surface area contributed by atoms with Crippen LogP contribution >= 0.6 is 0 Å². The summed E-state index contributed by atoms with van der Waals surface area (Å²) in [4.78, 5) is 0. The molecule has 0 bridgehead atoms. The number of rotatable bonds is 4. The van der Waals surface area contributed by atoms with E-state index in [0.717, 1.165) is 83.6 Å². The van der Waals surface area contributed by atoms with Crippen molar-refractivity contribution >= 4 is 61.8 Å². The number of fused-ring (bicyclic) bond motifs is 7. The van der Waals surface area contributed by atoms with Gasteiger partial charge < -0.3 is 8.83 Å². The van der Waals surface area contributed by atoms with E-state index in [1.807, 2.05) is 68.5 Å². The van der Waals surface area contributed by atoms with Gasteiger partial charge in [-0.1, -0.05) is 30.3 Å². The van der Waals surface area contributed by atoms with Crippen molar-refractivity contribution in [2.45, 2.75) is 19.8 Å². The quantitative estimate of drug-likeness (QED) is 0.165. The largest absolute Gasteiger partial charge is 0.456 e. The number of hydrogen-bond acceptors (Lipinski definition) is 2. The molecule has 0 fully saturated rings. The lowest BCUT2D eigenvalue weighted by molar-refractivity contribution is 0.559. The summed E-state index contributed by atoms with van der Waals surface area (Å²) >= 11 is 0. The van der Waals surface area contributed by atoms with Gasteiger partial charge in [-0.2, -0.15) is 0 Å². The van der Waals surface area contributed by atoms with Gasteiger partial charge in [0, 0.05) is 56.5 Å². The third-order valence-corrected chi connectivity index (χ3v) is 12.8. The number of hydrogen-bond donors (Lipinski definition) is 0. The second-order valence-electron chi connectivity index (χ2n) is 16.5. The fourth-order valence-electron chi connectivity index (χ4n) is 10.2. The van der Waals surface area contributed by atoms with Gasteiger partial charge in [0.2, 0.25) is 0 Å². The Morgan fingerprint density at radius 3 is 1.66 bits per heavy atom. The number of halogens is 6. The van der Waals surface area contributed by atoms with Gasteiger partial charge >= 0.3 is 0 Å². The van der Waals surface area contributed by atoms with E-state index in [2.05, 4.69) is 6.08 Å². The lowest BCUT2D eigenvalue weighted by Crippen LogP contribution is -2.36. The molecule has 7 aromatic carbocycles. The first kappa shape index (κ1) is 36.5. The molecular formula is C54H30F6O2. The van der Waals surface area contributed by atoms with E-state index < -0.39 is 35.1 Å². The van der Waals surface area contributed by atoms with Crippen LogP contribution in [-0.2, 0) is 0 Å². The van der Waals surface area contributed by atoms with Crippen LogP contribution in [0.25, 0.3) is 84.0 Å². The molecule has 2 heterocycles. The minimum absolute atomic E-state index is 0.316. The van der Waals surface area contributed by atoms with Gasteiger partial charge in [0.25, 0.3) is 0 Å². The van der Waals surface area contributed by atoms with E-state index in [9.17, 15) is 8.78 Å². The van der Waals surface area contributed by atoms with Crippen molar-refractivity contribution in [2.24, 2.45) is 5.92 Å². The summed E-state index contributed by atoms with van der Waals surface area (Å²) in [5.41, 5.74) is 11.8. The van der Waals surface area contributed by atoms with Crippen molar-refractivity contribution in [1.82, 2.24) is 0 Å². The van der Waals surface area contributed by atoms with Crippen LogP contribution in [0.2, 0.25) is 0 Å². The maximum atomic E-state index is 15.2. The third kappa shape index (κ3) is 5.45. The molecule has 0 saturated heterocycles. The first-order valence-electron chi connectivity index (χ1n) is 20.2. The van der Waals surface area contributed by atoms with Crippen LogP contribution in [0.3, 0.4) is 0 Å². The van der Waals surface area contributed by atoms with Crippen molar-refractivity contribution in [3.8, 4) is 22.3 Å². The molecule has 2 aromatic heterocycles. The molecule has 3 aliphatic rings. The third-order valence-electron chi connectivity index (χ3n) is 12.8. The average Bonchev–Trinajstić information content (AvgIpc) is 3.79. The summed E-state index contributed by atoms with van der Waals surface area (Å²) in [7, 11) is 0. The summed E-state index contributed by atoms with van der Waals surface area (Å²) in [6.45, 7) is 3.69. The van der Waals surface area contributed by atoms with Gasteiger partial charge in [0.15, 0.2) is 0 Å². The van der Waals surface area contributed by atoms with E-state index >= 15 is 17.6 Å². The van der Waals surface area contributed by atoms with Gasteiger partial charge in [-0.3, -0.25) is 0 Å². The molecule has 0 spiro atoms. The Hall–Kier alpha value is -7.32. The van der Waals surface area contributed by atoms with E-state index in [-0.39, 0.29) is 11.6 Å². The first-order chi connectivity index (χ1) is 29.9. The molecule has 0 saturated carbocycles. The van der Waals surface area contributed by atoms with Crippen molar-refractivity contribution in [3.63, 3.8) is 0 Å². The molecule has 2 nitrogen and oxygen atoms in total. The van der Waals surface area contributed by atoms with Crippen molar-refractivity contribution in [3.05, 3.63) is 206 Å². The molecule has 12 rings (SSSR count). The molecule has 9 aromatic rings. The van der Waals surface area contributed by atoms with Crippen molar-refractivity contribution in [1.29, 1.82) is 0 Å². The first-order valence-corrected chi connectivity index (χ1v) is 20.2. The molecule has 0 N–H and O–H groups in total. The number of benzene rings is 7. The molecule has 0 aliphatic heterocycles. The highest BCUT2D eigenvalue weighted by molar-refractivity contribution is 6.14. The molecule has 2 unspecified atom stereocenters. The molecule has 300 valence electrons. The zero-order valence-electron chi connectivity index (χ0n) is 32.9. The van der Waals surface area contributed by atoms with E-state index in [1.165, 1.54) is 48.5 Å². The molecular weight excluding hydrogens is 795 g/mol. The Morgan fingerprint density at radius 1 is 0.468 bits per heavy atom. The predicted molar refractivity (Wildman–Crippen MR) is 231 cm³/mol. The van der Waals surface area contributed by atoms with Gasteiger partial charge in [-0.25, -0.2) is 26.3 Å². The summed E-state index contributed by atoms with van der Waals surface area (Å²) in [5.74, 6) is -4.55. The van der Waals surface area contributed by atoms with Crippen molar-refractivity contribution < 1.29 is 35.2 Å². The summed E-state index contributed by atoms with van der Waals surface area (Å²) in [6.07, 6.45) is 5.94. The molecule has 0 radical (unpaired) electrons. The minimum Gasteiger partial charge on any atom is -0.456 e. The second-order valence-corrected chi connectivity index (χ2v) is 16.5. The van der Waals surface area contributed by atoms with Gasteiger partial charge in [-0.05, 0) is 172 Å². The highest BCUT2D eigenvalue weighted by Gasteiger charge is 2.42. The van der Waals surface area contributed by atoms with Crippen LogP contribution in [0.4, 0.5) is 26.3 Å². The zero-order valence-corrected chi connectivity index (χ0v) is 32.9. The second kappa shape index (κ2) is 13.1. The van der Waals surface area contributed by atoms with Gasteiger partial charge in [-0.15, -0.1) is 0 Å². The van der Waals surface area contributed by atoms with Crippen LogP contribution in [0.5, 0.6) is 0 Å². The SMILES string of the molecule is Cc1cc(F)ccc1-c1ccc2c3c(oc2c1)=C1C=C(c2cc(F)cc(F)c2)c2cc4c(oc5cc(-c6ccc(F)cc6C)ccc54)c4c2C1C(C=3)C(c1cc(F)cc(F)c1)=C4. The van der Waals surface area contributed by atoms with E-state index in [4.69, 9.17) is 8.83 Å². The standard InChI is InChI=1S/C54H30F6O2/c1-25-11-31(55)5-9-37(25)27-3-7-39-45-23-43-42(30-15-35(59)20-36(60)16-30)22-48-52-44(24-46-40-8-4-28(18-50(40)62-54(46)48)38-10-6-32(56)12-26(38)2)41(29-13-33(57)19-34(58)14-29)21-47(51(43)52)53(45)61-49(39)17-27/h3-24,43,51H,1-2H3. The number of allylic oxidation sites excluding steroid dienone is 2. The topological polar surface area (TPSA) is 26.3 Å². The highest BCUT2D eigenvalue weighted by Crippen LogP contribution is 2.57. The van der Waals surface area contributed by atoms with Crippen molar-refractivity contribution in [2.75, 3.05) is 0 Å². The lowest BCUT2D eigenvalue weighted by Gasteiger charge is -2.39. The molecule has 0 amide bonds. The summed E-state index contributed by atoms with van der Waals surface area (Å²) in [5, 5.41) is 3.07. The fourth-order valence-corrected chi connectivity index (χ4v) is 10.2. The Bertz CT molecular complexity index is 3660. The smallest absolute Gasteiger partial charge is 0.142 e. The lowest BCUT2D eigenvalue weighted by atomic mass is 9.63. The fraction of sp³-hybridized carbons (Fsp3) is 0.0741. The Labute approximate surface area is 349 Å².